The molecule has 0 aliphatic carbocycles. The minimum absolute atomic E-state index is 0.0582. The first-order chi connectivity index (χ1) is 11.9. The van der Waals surface area contributed by atoms with E-state index in [1.807, 2.05) is 30.5 Å². The summed E-state index contributed by atoms with van der Waals surface area (Å²) in [5.74, 6) is 0.0582. The molecule has 0 aromatic carbocycles. The normalized spacial score (nSPS) is 20.8. The van der Waals surface area contributed by atoms with E-state index in [1.165, 1.54) is 0 Å². The summed E-state index contributed by atoms with van der Waals surface area (Å²) < 4.78 is 30.6. The SMILES string of the molecule is Cc1ccc(C)n1CC(=O)N1CCCN(S(=O)(=O)N2CCCC2)CC1. The van der Waals surface area contributed by atoms with Gasteiger partial charge < -0.3 is 9.47 Å². The monoisotopic (exact) mass is 368 g/mol. The second kappa shape index (κ2) is 7.47. The van der Waals surface area contributed by atoms with Crippen LogP contribution in [0.4, 0.5) is 0 Å². The van der Waals surface area contributed by atoms with Crippen LogP contribution in [0.2, 0.25) is 0 Å². The average molecular weight is 369 g/mol. The van der Waals surface area contributed by atoms with Gasteiger partial charge >= 0.3 is 0 Å². The molecule has 2 aliphatic rings. The van der Waals surface area contributed by atoms with Gasteiger partial charge in [0.05, 0.1) is 0 Å². The van der Waals surface area contributed by atoms with Crippen LogP contribution in [-0.2, 0) is 21.5 Å². The number of hydrogen-bond donors (Lipinski definition) is 0. The lowest BCUT2D eigenvalue weighted by molar-refractivity contribution is -0.131. The van der Waals surface area contributed by atoms with Crippen molar-refractivity contribution in [2.45, 2.75) is 39.7 Å². The Labute approximate surface area is 150 Å². The third-order valence-corrected chi connectivity index (χ3v) is 7.27. The maximum atomic E-state index is 12.7. The van der Waals surface area contributed by atoms with Crippen molar-refractivity contribution in [1.82, 2.24) is 18.1 Å². The van der Waals surface area contributed by atoms with Crippen molar-refractivity contribution in [3.8, 4) is 0 Å². The molecule has 8 heteroatoms. The third kappa shape index (κ3) is 3.91. The van der Waals surface area contributed by atoms with Gasteiger partial charge in [0.1, 0.15) is 6.54 Å². The molecule has 0 atom stereocenters. The van der Waals surface area contributed by atoms with Gasteiger partial charge in [-0.25, -0.2) is 0 Å². The average Bonchev–Trinajstić information content (AvgIpc) is 3.14. The molecule has 7 nitrogen and oxygen atoms in total. The smallest absolute Gasteiger partial charge is 0.282 e. The van der Waals surface area contributed by atoms with Gasteiger partial charge in [-0.2, -0.15) is 17.0 Å². The second-order valence-electron chi connectivity index (χ2n) is 6.95. The van der Waals surface area contributed by atoms with Crippen LogP contribution in [0.5, 0.6) is 0 Å². The molecule has 0 N–H and O–H groups in total. The Morgan fingerprint density at radius 2 is 1.44 bits per heavy atom. The molecule has 1 amide bonds. The summed E-state index contributed by atoms with van der Waals surface area (Å²) in [6, 6.07) is 4.02. The van der Waals surface area contributed by atoms with Crippen LogP contribution in [-0.4, -0.2) is 71.7 Å². The van der Waals surface area contributed by atoms with Crippen molar-refractivity contribution in [2.24, 2.45) is 0 Å². The number of hydrogen-bond acceptors (Lipinski definition) is 3. The quantitative estimate of drug-likeness (QED) is 0.796. The molecule has 3 rings (SSSR count). The molecule has 2 aliphatic heterocycles. The maximum Gasteiger partial charge on any atom is 0.282 e. The van der Waals surface area contributed by atoms with E-state index in [0.717, 1.165) is 24.2 Å². The van der Waals surface area contributed by atoms with Crippen molar-refractivity contribution in [1.29, 1.82) is 0 Å². The van der Waals surface area contributed by atoms with Crippen LogP contribution in [0, 0.1) is 13.8 Å². The van der Waals surface area contributed by atoms with Crippen LogP contribution < -0.4 is 0 Å². The molecule has 0 unspecified atom stereocenters. The first-order valence-corrected chi connectivity index (χ1v) is 10.4. The zero-order valence-electron chi connectivity index (χ0n) is 15.1. The Balaban J connectivity index is 1.62. The summed E-state index contributed by atoms with van der Waals surface area (Å²) in [6.07, 6.45) is 2.56. The molecule has 3 heterocycles. The zero-order chi connectivity index (χ0) is 18.0. The van der Waals surface area contributed by atoms with E-state index in [9.17, 15) is 13.2 Å². The Hall–Kier alpha value is -1.38. The first-order valence-electron chi connectivity index (χ1n) is 9.05. The highest BCUT2D eigenvalue weighted by Crippen LogP contribution is 2.18. The Bertz CT molecular complexity index is 703. The summed E-state index contributed by atoms with van der Waals surface area (Å²) in [7, 11) is -3.37. The molecule has 0 radical (unpaired) electrons. The fraction of sp³-hybridized carbons (Fsp3) is 0.706. The number of amides is 1. The van der Waals surface area contributed by atoms with Gasteiger partial charge in [0.2, 0.25) is 5.91 Å². The largest absolute Gasteiger partial charge is 0.340 e. The van der Waals surface area contributed by atoms with Gasteiger partial charge in [-0.1, -0.05) is 0 Å². The van der Waals surface area contributed by atoms with E-state index >= 15 is 0 Å². The van der Waals surface area contributed by atoms with Crippen molar-refractivity contribution in [2.75, 3.05) is 39.3 Å². The number of carbonyl (C=O) groups is 1. The first kappa shape index (κ1) is 18.4. The highest BCUT2D eigenvalue weighted by molar-refractivity contribution is 7.86. The lowest BCUT2D eigenvalue weighted by Gasteiger charge is -2.26. The minimum Gasteiger partial charge on any atom is -0.340 e. The summed E-state index contributed by atoms with van der Waals surface area (Å²) in [4.78, 5) is 14.5. The van der Waals surface area contributed by atoms with Gasteiger partial charge in [-0.05, 0) is 45.2 Å². The van der Waals surface area contributed by atoms with E-state index in [4.69, 9.17) is 0 Å². The third-order valence-electron chi connectivity index (χ3n) is 5.24. The summed E-state index contributed by atoms with van der Waals surface area (Å²) >= 11 is 0. The zero-order valence-corrected chi connectivity index (χ0v) is 16.0. The minimum atomic E-state index is -3.37. The number of rotatable bonds is 4. The van der Waals surface area contributed by atoms with Crippen LogP contribution in [0.15, 0.2) is 12.1 Å². The van der Waals surface area contributed by atoms with Crippen molar-refractivity contribution >= 4 is 16.1 Å². The van der Waals surface area contributed by atoms with Crippen LogP contribution in [0.25, 0.3) is 0 Å². The molecule has 2 saturated heterocycles. The summed E-state index contributed by atoms with van der Waals surface area (Å²) in [6.45, 7) is 7.50. The molecule has 0 spiro atoms. The van der Waals surface area contributed by atoms with Gasteiger partial charge in [-0.3, -0.25) is 4.79 Å². The van der Waals surface area contributed by atoms with E-state index < -0.39 is 10.2 Å². The lowest BCUT2D eigenvalue weighted by Crippen LogP contribution is -2.44. The van der Waals surface area contributed by atoms with E-state index in [0.29, 0.717) is 52.2 Å². The van der Waals surface area contributed by atoms with Crippen molar-refractivity contribution < 1.29 is 13.2 Å². The lowest BCUT2D eigenvalue weighted by atomic mass is 10.3. The van der Waals surface area contributed by atoms with E-state index in [2.05, 4.69) is 0 Å². The van der Waals surface area contributed by atoms with Crippen molar-refractivity contribution in [3.63, 3.8) is 0 Å². The van der Waals surface area contributed by atoms with Gasteiger partial charge in [-0.15, -0.1) is 0 Å². The van der Waals surface area contributed by atoms with Gasteiger partial charge in [0.25, 0.3) is 10.2 Å². The predicted molar refractivity (Wildman–Crippen MR) is 96.4 cm³/mol. The van der Waals surface area contributed by atoms with E-state index in [1.54, 1.807) is 13.5 Å². The molecule has 140 valence electrons. The topological polar surface area (TPSA) is 65.9 Å². The molecule has 2 fully saturated rings. The van der Waals surface area contributed by atoms with Crippen LogP contribution in [0.3, 0.4) is 0 Å². The Kier molecular flexibility index (Phi) is 5.50. The Morgan fingerprint density at radius 1 is 0.880 bits per heavy atom. The number of aromatic nitrogens is 1. The predicted octanol–water partition coefficient (Wildman–Crippen LogP) is 0.980. The van der Waals surface area contributed by atoms with Gasteiger partial charge in [0.15, 0.2) is 0 Å². The standard InChI is InChI=1S/C17H28N4O3S/c1-15-6-7-16(2)21(15)14-17(22)18-8-5-11-20(13-12-18)25(23,24)19-9-3-4-10-19/h6-7H,3-5,8-14H2,1-2H3. The van der Waals surface area contributed by atoms with Gasteiger partial charge in [0, 0.05) is 50.7 Å². The molecular formula is C17H28N4O3S. The van der Waals surface area contributed by atoms with Crippen molar-refractivity contribution in [3.05, 3.63) is 23.5 Å². The summed E-state index contributed by atoms with van der Waals surface area (Å²) in [5.41, 5.74) is 2.14. The molecule has 0 saturated carbocycles. The van der Waals surface area contributed by atoms with Crippen LogP contribution >= 0.6 is 0 Å². The van der Waals surface area contributed by atoms with Crippen LogP contribution in [0.1, 0.15) is 30.7 Å². The Morgan fingerprint density at radius 3 is 2.08 bits per heavy atom. The summed E-state index contributed by atoms with van der Waals surface area (Å²) in [5, 5.41) is 0. The maximum absolute atomic E-state index is 12.7. The molecule has 1 aromatic heterocycles. The molecule has 25 heavy (non-hydrogen) atoms. The second-order valence-corrected chi connectivity index (χ2v) is 8.88. The molecule has 1 aromatic rings. The van der Waals surface area contributed by atoms with E-state index in [-0.39, 0.29) is 5.91 Å². The number of nitrogens with zero attached hydrogens (tertiary/aromatic N) is 4. The fourth-order valence-corrected chi connectivity index (χ4v) is 5.36. The number of carbonyl (C=O) groups excluding carboxylic acids is 1. The highest BCUT2D eigenvalue weighted by Gasteiger charge is 2.33. The molecular weight excluding hydrogens is 340 g/mol. The fourth-order valence-electron chi connectivity index (χ4n) is 3.64. The molecule has 0 bridgehead atoms. The number of aryl methyl sites for hydroxylation is 2. The highest BCUT2D eigenvalue weighted by atomic mass is 32.2.